The molecule has 0 unspecified atom stereocenters. The summed E-state index contributed by atoms with van der Waals surface area (Å²) in [6.45, 7) is 9.44. The second-order valence-electron chi connectivity index (χ2n) is 4.88. The molecule has 1 atom stereocenters. The highest BCUT2D eigenvalue weighted by atomic mass is 16.5. The predicted molar refractivity (Wildman–Crippen MR) is 58.7 cm³/mol. The minimum Gasteiger partial charge on any atom is -0.453 e. The lowest BCUT2D eigenvalue weighted by Gasteiger charge is -2.39. The summed E-state index contributed by atoms with van der Waals surface area (Å²) in [5.74, 6) is 0.0702. The van der Waals surface area contributed by atoms with Crippen LogP contribution in [0.25, 0.3) is 0 Å². The van der Waals surface area contributed by atoms with Crippen molar-refractivity contribution in [3.8, 4) is 0 Å². The predicted octanol–water partition coefficient (Wildman–Crippen LogP) is 2.08. The Morgan fingerprint density at radius 1 is 1.33 bits per heavy atom. The van der Waals surface area contributed by atoms with E-state index in [1.165, 1.54) is 12.0 Å². The van der Waals surface area contributed by atoms with Crippen molar-refractivity contribution in [1.82, 2.24) is 4.90 Å². The third-order valence-electron chi connectivity index (χ3n) is 2.21. The molecule has 0 aromatic carbocycles. The van der Waals surface area contributed by atoms with Crippen molar-refractivity contribution in [2.45, 2.75) is 46.2 Å². The Hall–Kier alpha value is -1.06. The van der Waals surface area contributed by atoms with E-state index in [4.69, 9.17) is 4.74 Å². The third-order valence-corrected chi connectivity index (χ3v) is 2.21. The Morgan fingerprint density at radius 3 is 2.00 bits per heavy atom. The molecule has 0 aromatic rings. The zero-order valence-electron chi connectivity index (χ0n) is 10.4. The van der Waals surface area contributed by atoms with Crippen molar-refractivity contribution >= 4 is 12.4 Å². The van der Waals surface area contributed by atoms with Crippen LogP contribution >= 0.6 is 0 Å². The van der Waals surface area contributed by atoms with Crippen LogP contribution in [-0.4, -0.2) is 36.0 Å². The van der Waals surface area contributed by atoms with E-state index >= 15 is 0 Å². The van der Waals surface area contributed by atoms with Crippen LogP contribution in [0.5, 0.6) is 0 Å². The number of methoxy groups -OCH3 is 1. The highest BCUT2D eigenvalue weighted by molar-refractivity contribution is 5.74. The average Bonchev–Trinajstić information content (AvgIpc) is 2.10. The molecule has 0 saturated heterocycles. The summed E-state index contributed by atoms with van der Waals surface area (Å²) in [5, 5.41) is 0. The molecule has 4 nitrogen and oxygen atoms in total. The molecule has 0 aliphatic heterocycles. The van der Waals surface area contributed by atoms with Crippen LogP contribution < -0.4 is 0 Å². The lowest BCUT2D eigenvalue weighted by Crippen LogP contribution is -2.54. The van der Waals surface area contributed by atoms with Crippen LogP contribution in [0.15, 0.2) is 0 Å². The molecule has 88 valence electrons. The molecule has 1 amide bonds. The van der Waals surface area contributed by atoms with E-state index < -0.39 is 17.7 Å². The summed E-state index contributed by atoms with van der Waals surface area (Å²) in [6, 6.07) is -0.447. The summed E-state index contributed by atoms with van der Waals surface area (Å²) < 4.78 is 4.70. The maximum atomic E-state index is 11.6. The van der Waals surface area contributed by atoms with Crippen molar-refractivity contribution in [3.05, 3.63) is 0 Å². The third kappa shape index (κ3) is 3.53. The Bertz CT molecular complexity index is 230. The Labute approximate surface area is 91.6 Å². The van der Waals surface area contributed by atoms with Crippen LogP contribution in [0.3, 0.4) is 0 Å². The number of amides is 1. The first kappa shape index (κ1) is 13.9. The van der Waals surface area contributed by atoms with Gasteiger partial charge in [0.25, 0.3) is 0 Å². The largest absolute Gasteiger partial charge is 0.453 e. The van der Waals surface area contributed by atoms with E-state index in [1.807, 2.05) is 34.6 Å². The summed E-state index contributed by atoms with van der Waals surface area (Å²) in [6.07, 6.45) is 0.334. The molecule has 0 fully saturated rings. The fourth-order valence-corrected chi connectivity index (χ4v) is 1.46. The highest BCUT2D eigenvalue weighted by Gasteiger charge is 2.35. The molecule has 0 radical (unpaired) electrons. The highest BCUT2D eigenvalue weighted by Crippen LogP contribution is 2.21. The minimum atomic E-state index is -0.465. The van der Waals surface area contributed by atoms with Gasteiger partial charge in [0.15, 0.2) is 0 Å². The molecular weight excluding hydrogens is 194 g/mol. The first-order valence-electron chi connectivity index (χ1n) is 5.08. The van der Waals surface area contributed by atoms with Gasteiger partial charge in [-0.1, -0.05) is 13.8 Å². The second kappa shape index (κ2) is 5.14. The summed E-state index contributed by atoms with van der Waals surface area (Å²) >= 11 is 0. The van der Waals surface area contributed by atoms with Gasteiger partial charge in [-0.05, 0) is 26.7 Å². The standard InChI is InChI=1S/C11H21NO3/c1-8(2)9(7-13)12(10(14)15-6)11(3,4)5/h7-9H,1-6H3/t9-/m1/s1. The molecule has 0 aliphatic rings. The van der Waals surface area contributed by atoms with Gasteiger partial charge in [-0.15, -0.1) is 0 Å². The molecule has 0 saturated carbocycles. The van der Waals surface area contributed by atoms with Crippen LogP contribution in [-0.2, 0) is 9.53 Å². The molecule has 0 aromatic heterocycles. The van der Waals surface area contributed by atoms with Crippen LogP contribution in [0.4, 0.5) is 4.79 Å². The van der Waals surface area contributed by atoms with Crippen molar-refractivity contribution in [2.75, 3.05) is 7.11 Å². The summed E-state index contributed by atoms with van der Waals surface area (Å²) in [5.41, 5.74) is -0.428. The molecule has 0 N–H and O–H groups in total. The molecule has 15 heavy (non-hydrogen) atoms. The zero-order valence-corrected chi connectivity index (χ0v) is 10.4. The van der Waals surface area contributed by atoms with Gasteiger partial charge < -0.3 is 9.53 Å². The second-order valence-corrected chi connectivity index (χ2v) is 4.88. The fraction of sp³-hybridized carbons (Fsp3) is 0.818. The number of carbonyl (C=O) groups is 2. The SMILES string of the molecule is COC(=O)N([C@H](C=O)C(C)C)C(C)(C)C. The molecule has 4 heteroatoms. The van der Waals surface area contributed by atoms with Gasteiger partial charge in [-0.2, -0.15) is 0 Å². The van der Waals surface area contributed by atoms with Crippen molar-refractivity contribution in [1.29, 1.82) is 0 Å². The topological polar surface area (TPSA) is 46.6 Å². The molecule has 0 bridgehead atoms. The summed E-state index contributed by atoms with van der Waals surface area (Å²) in [7, 11) is 1.32. The van der Waals surface area contributed by atoms with Crippen molar-refractivity contribution in [3.63, 3.8) is 0 Å². The van der Waals surface area contributed by atoms with E-state index in [0.717, 1.165) is 6.29 Å². The van der Waals surface area contributed by atoms with E-state index in [9.17, 15) is 9.59 Å². The van der Waals surface area contributed by atoms with E-state index in [1.54, 1.807) is 0 Å². The van der Waals surface area contributed by atoms with Crippen molar-refractivity contribution < 1.29 is 14.3 Å². The fourth-order valence-electron chi connectivity index (χ4n) is 1.46. The van der Waals surface area contributed by atoms with Gasteiger partial charge in [0.2, 0.25) is 0 Å². The maximum absolute atomic E-state index is 11.6. The number of ether oxygens (including phenoxy) is 1. The minimum absolute atomic E-state index is 0.0702. The molecule has 0 spiro atoms. The smallest absolute Gasteiger partial charge is 0.410 e. The quantitative estimate of drug-likeness (QED) is 0.677. The molecule has 0 heterocycles. The van der Waals surface area contributed by atoms with Gasteiger partial charge in [0, 0.05) is 5.54 Å². The number of rotatable bonds is 3. The number of carbonyl (C=O) groups excluding carboxylic acids is 2. The Kier molecular flexibility index (Phi) is 4.78. The Morgan fingerprint density at radius 2 is 1.80 bits per heavy atom. The van der Waals surface area contributed by atoms with Crippen LogP contribution in [0.1, 0.15) is 34.6 Å². The van der Waals surface area contributed by atoms with Crippen molar-refractivity contribution in [2.24, 2.45) is 5.92 Å². The number of aldehydes is 1. The first-order valence-corrected chi connectivity index (χ1v) is 5.08. The van der Waals surface area contributed by atoms with Gasteiger partial charge >= 0.3 is 6.09 Å². The maximum Gasteiger partial charge on any atom is 0.410 e. The van der Waals surface area contributed by atoms with Crippen LogP contribution in [0, 0.1) is 5.92 Å². The lowest BCUT2D eigenvalue weighted by atomic mass is 9.97. The summed E-state index contributed by atoms with van der Waals surface area (Å²) in [4.78, 5) is 24.1. The normalized spacial score (nSPS) is 13.5. The molecular formula is C11H21NO3. The Balaban J connectivity index is 5.08. The van der Waals surface area contributed by atoms with Gasteiger partial charge in [0.05, 0.1) is 13.2 Å². The van der Waals surface area contributed by atoms with Gasteiger partial charge in [0.1, 0.15) is 6.29 Å². The first-order chi connectivity index (χ1) is 6.75. The average molecular weight is 215 g/mol. The van der Waals surface area contributed by atoms with Crippen LogP contribution in [0.2, 0.25) is 0 Å². The van der Waals surface area contributed by atoms with Gasteiger partial charge in [-0.3, -0.25) is 4.90 Å². The van der Waals surface area contributed by atoms with E-state index in [2.05, 4.69) is 0 Å². The lowest BCUT2D eigenvalue weighted by molar-refractivity contribution is -0.115. The number of hydrogen-bond acceptors (Lipinski definition) is 3. The van der Waals surface area contributed by atoms with E-state index in [0.29, 0.717) is 0 Å². The molecule has 0 aliphatic carbocycles. The monoisotopic (exact) mass is 215 g/mol. The zero-order chi connectivity index (χ0) is 12.2. The van der Waals surface area contributed by atoms with Gasteiger partial charge in [-0.25, -0.2) is 4.79 Å². The van der Waals surface area contributed by atoms with E-state index in [-0.39, 0.29) is 5.92 Å². The number of nitrogens with zero attached hydrogens (tertiary/aromatic N) is 1. The molecule has 0 rings (SSSR count). The number of hydrogen-bond donors (Lipinski definition) is 0.